The number of rotatable bonds is 8. The van der Waals surface area contributed by atoms with E-state index >= 15 is 0 Å². The van der Waals surface area contributed by atoms with Crippen molar-refractivity contribution in [3.63, 3.8) is 0 Å². The number of fused-ring (bicyclic) bond motifs is 2. The molecule has 1 fully saturated rings. The van der Waals surface area contributed by atoms with Gasteiger partial charge in [0.15, 0.2) is 0 Å². The van der Waals surface area contributed by atoms with Gasteiger partial charge in [-0.3, -0.25) is 0 Å². The monoisotopic (exact) mass is 960 g/mol. The molecule has 1 aliphatic carbocycles. The van der Waals surface area contributed by atoms with Gasteiger partial charge in [-0.05, 0) is 29.4 Å². The summed E-state index contributed by atoms with van der Waals surface area (Å²) in [5, 5.41) is 12.0. The SMILES string of the molecule is C[Si](C)(C)c1cc(-c2cccc3[cH-]c(C4(c5cc6c(-c7cc([Si](C)(C)C)cc([Si](C)(C)C)c7)cccc6[cH-]5)CCCCC4)cc23)cc([Si](C)(C)C)c1.[CH3-].[CH3-].[Hf+4]. The number of hydrogen-bond donors (Lipinski definition) is 0. The van der Waals surface area contributed by atoms with Crippen LogP contribution < -0.4 is 20.7 Å². The van der Waals surface area contributed by atoms with Crippen LogP contribution in [-0.4, -0.2) is 32.3 Å². The van der Waals surface area contributed by atoms with Gasteiger partial charge in [0.05, 0.1) is 32.3 Å². The Labute approximate surface area is 359 Å². The van der Waals surface area contributed by atoms with Gasteiger partial charge in [0, 0.05) is 0 Å². The molecule has 0 bridgehead atoms. The second-order valence-electron chi connectivity index (χ2n) is 20.3. The molecule has 1 aliphatic rings. The first kappa shape index (κ1) is 45.5. The zero-order chi connectivity index (χ0) is 37.4. The van der Waals surface area contributed by atoms with E-state index < -0.39 is 32.3 Å². The van der Waals surface area contributed by atoms with Crippen molar-refractivity contribution < 1.29 is 25.8 Å². The van der Waals surface area contributed by atoms with E-state index in [-0.39, 0.29) is 46.1 Å². The zero-order valence-corrected chi connectivity index (χ0v) is 44.4. The molecule has 0 heterocycles. The van der Waals surface area contributed by atoms with E-state index in [0.29, 0.717) is 0 Å². The molecule has 5 heteroatoms. The molecule has 0 radical (unpaired) electrons. The standard InChI is InChI=1S/C48H62Si4.2CH3.Hf/c1-49(2,3)40-26-36(27-41(32-40)50(4,5)6)44-20-16-18-34-24-38(30-46(34)44)48(22-14-13-15-23-48)39-25-35-19-17-21-45(47(35)31-39)37-28-42(51(7,8)9)33-43(29-37)52(10,11)12;;;/h16-21,24-33H,13-15,22-23H2,1-12H3;2*1H3;/q-2;2*-1;+4. The molecule has 0 aliphatic heterocycles. The summed E-state index contributed by atoms with van der Waals surface area (Å²) in [7, 11) is -5.99. The van der Waals surface area contributed by atoms with Gasteiger partial charge < -0.3 is 14.9 Å². The molecule has 55 heavy (non-hydrogen) atoms. The summed E-state index contributed by atoms with van der Waals surface area (Å²) >= 11 is 0. The van der Waals surface area contributed by atoms with Crippen molar-refractivity contribution >= 4 is 74.6 Å². The minimum atomic E-state index is -1.50. The third-order valence-corrected chi connectivity index (χ3v) is 20.3. The molecule has 0 nitrogen and oxygen atoms in total. The fourth-order valence-electron chi connectivity index (χ4n) is 8.72. The summed E-state index contributed by atoms with van der Waals surface area (Å²) in [4.78, 5) is 0. The number of benzene rings is 4. The van der Waals surface area contributed by atoms with Crippen LogP contribution in [0.15, 0.2) is 97.1 Å². The van der Waals surface area contributed by atoms with Crippen molar-refractivity contribution in [2.45, 2.75) is 116 Å². The van der Waals surface area contributed by atoms with E-state index in [9.17, 15) is 0 Å². The minimum absolute atomic E-state index is 0. The smallest absolute Gasteiger partial charge is 0.358 e. The summed E-state index contributed by atoms with van der Waals surface area (Å²) in [5.74, 6) is 0. The van der Waals surface area contributed by atoms with E-state index in [1.165, 1.54) is 87.0 Å². The van der Waals surface area contributed by atoms with Gasteiger partial charge >= 0.3 is 25.8 Å². The van der Waals surface area contributed by atoms with E-state index in [0.717, 1.165) is 0 Å². The molecule has 0 saturated heterocycles. The van der Waals surface area contributed by atoms with Crippen molar-refractivity contribution in [2.24, 2.45) is 0 Å². The Morgan fingerprint density at radius 1 is 0.436 bits per heavy atom. The molecule has 0 N–H and O–H groups in total. The summed E-state index contributed by atoms with van der Waals surface area (Å²) < 4.78 is 0. The third kappa shape index (κ3) is 8.97. The van der Waals surface area contributed by atoms with E-state index in [1.54, 1.807) is 20.7 Å². The van der Waals surface area contributed by atoms with Gasteiger partial charge in [0.25, 0.3) is 0 Å². The fourth-order valence-corrected chi connectivity index (χ4v) is 13.7. The van der Waals surface area contributed by atoms with Crippen LogP contribution in [0, 0.1) is 14.9 Å². The van der Waals surface area contributed by atoms with E-state index in [2.05, 4.69) is 176 Å². The summed E-state index contributed by atoms with van der Waals surface area (Å²) in [5.41, 5.74) is 8.74. The summed E-state index contributed by atoms with van der Waals surface area (Å²) in [6, 6.07) is 39.8. The molecule has 0 unspecified atom stereocenters. The first-order valence-corrected chi connectivity index (χ1v) is 34.0. The minimum Gasteiger partial charge on any atom is -0.358 e. The Hall–Kier alpha value is -2.16. The summed E-state index contributed by atoms with van der Waals surface area (Å²) in [6.07, 6.45) is 6.36. The predicted octanol–water partition coefficient (Wildman–Crippen LogP) is 13.1. The van der Waals surface area contributed by atoms with Gasteiger partial charge in [-0.15, -0.1) is 69.1 Å². The van der Waals surface area contributed by atoms with Crippen molar-refractivity contribution in [1.29, 1.82) is 0 Å². The van der Waals surface area contributed by atoms with Gasteiger partial charge in [-0.1, -0.05) is 178 Å². The van der Waals surface area contributed by atoms with Crippen LogP contribution in [-0.2, 0) is 31.3 Å². The molecular weight excluding hydrogens is 891 g/mol. The van der Waals surface area contributed by atoms with Crippen molar-refractivity contribution in [3.8, 4) is 22.3 Å². The topological polar surface area (TPSA) is 0 Å². The quantitative estimate of drug-likeness (QED) is 0.105. The predicted molar refractivity (Wildman–Crippen MR) is 259 cm³/mol. The Morgan fingerprint density at radius 3 is 1.07 bits per heavy atom. The molecule has 288 valence electrons. The van der Waals surface area contributed by atoms with Crippen LogP contribution in [0.5, 0.6) is 0 Å². The van der Waals surface area contributed by atoms with Gasteiger partial charge in [0.2, 0.25) is 0 Å². The van der Waals surface area contributed by atoms with E-state index in [4.69, 9.17) is 0 Å². The molecule has 6 aromatic carbocycles. The molecule has 0 amide bonds. The van der Waals surface area contributed by atoms with Crippen LogP contribution in [0.1, 0.15) is 43.2 Å². The maximum Gasteiger partial charge on any atom is 4.00 e. The molecule has 1 saturated carbocycles. The Bertz CT molecular complexity index is 2050. The Morgan fingerprint density at radius 2 is 0.764 bits per heavy atom. The second kappa shape index (κ2) is 16.2. The second-order valence-corrected chi connectivity index (χ2v) is 40.7. The molecular formula is C50H68HfSi4. The first-order valence-electron chi connectivity index (χ1n) is 20.0. The normalized spacial score (nSPS) is 15.0. The van der Waals surface area contributed by atoms with Crippen molar-refractivity contribution in [1.82, 2.24) is 0 Å². The van der Waals surface area contributed by atoms with Crippen LogP contribution in [0.3, 0.4) is 0 Å². The van der Waals surface area contributed by atoms with Crippen LogP contribution in [0.4, 0.5) is 0 Å². The van der Waals surface area contributed by atoms with Crippen LogP contribution >= 0.6 is 0 Å². The average molecular weight is 960 g/mol. The molecule has 0 aromatic heterocycles. The Kier molecular flexibility index (Phi) is 13.4. The zero-order valence-electron chi connectivity index (χ0n) is 36.8. The molecule has 0 atom stereocenters. The van der Waals surface area contributed by atoms with Crippen molar-refractivity contribution in [3.05, 3.63) is 123 Å². The average Bonchev–Trinajstić information content (AvgIpc) is 3.72. The van der Waals surface area contributed by atoms with E-state index in [1.807, 2.05) is 0 Å². The number of hydrogen-bond acceptors (Lipinski definition) is 0. The van der Waals surface area contributed by atoms with Crippen LogP contribution in [0.2, 0.25) is 78.6 Å². The van der Waals surface area contributed by atoms with Gasteiger partial charge in [-0.2, -0.15) is 12.1 Å². The molecule has 0 spiro atoms. The largest absolute Gasteiger partial charge is 4.00 e. The van der Waals surface area contributed by atoms with Gasteiger partial charge in [0.1, 0.15) is 0 Å². The van der Waals surface area contributed by atoms with Gasteiger partial charge in [-0.25, -0.2) is 0 Å². The van der Waals surface area contributed by atoms with Crippen LogP contribution in [0.25, 0.3) is 43.8 Å². The summed E-state index contributed by atoms with van der Waals surface area (Å²) in [6.45, 7) is 30.0. The first-order chi connectivity index (χ1) is 24.2. The maximum absolute atomic E-state index is 2.61. The molecule has 7 rings (SSSR count). The Balaban J connectivity index is 0.00000224. The molecule has 6 aromatic rings. The van der Waals surface area contributed by atoms with Crippen molar-refractivity contribution in [2.75, 3.05) is 0 Å². The maximum atomic E-state index is 2.61. The fraction of sp³-hybridized carbons (Fsp3) is 0.360. The third-order valence-electron chi connectivity index (χ3n) is 12.3.